The molecule has 0 fully saturated rings. The van der Waals surface area contributed by atoms with Gasteiger partial charge >= 0.3 is 0 Å². The van der Waals surface area contributed by atoms with Gasteiger partial charge in [0.05, 0.1) is 0 Å². The van der Waals surface area contributed by atoms with Gasteiger partial charge in [-0.25, -0.2) is 0 Å². The summed E-state index contributed by atoms with van der Waals surface area (Å²) in [5.41, 5.74) is 7.80. The zero-order valence-corrected chi connectivity index (χ0v) is 7.48. The molecular formula is C9H18N2. The second kappa shape index (κ2) is 5.98. The van der Waals surface area contributed by atoms with Crippen molar-refractivity contribution >= 4 is 0 Å². The minimum atomic E-state index is 0.884. The average molecular weight is 154 g/mol. The van der Waals surface area contributed by atoms with E-state index >= 15 is 0 Å². The predicted octanol–water partition coefficient (Wildman–Crippen LogP) is 1.40. The third-order valence-electron chi connectivity index (χ3n) is 1.55. The van der Waals surface area contributed by atoms with Crippen LogP contribution >= 0.6 is 0 Å². The minimum absolute atomic E-state index is 0.884. The van der Waals surface area contributed by atoms with Gasteiger partial charge in [0.1, 0.15) is 0 Å². The summed E-state index contributed by atoms with van der Waals surface area (Å²) in [6.45, 7) is 9.54. The van der Waals surface area contributed by atoms with Crippen LogP contribution in [0.1, 0.15) is 20.3 Å². The molecule has 1 rings (SSSR count). The summed E-state index contributed by atoms with van der Waals surface area (Å²) in [5.74, 6) is 0. The molecule has 1 heterocycles. The predicted molar refractivity (Wildman–Crippen MR) is 50.2 cm³/mol. The fraction of sp³-hybridized carbons (Fsp3) is 0.556. The van der Waals surface area contributed by atoms with E-state index in [0.717, 1.165) is 30.8 Å². The highest BCUT2D eigenvalue weighted by Gasteiger charge is 2.04. The summed E-state index contributed by atoms with van der Waals surface area (Å²) < 4.78 is 0. The molecular weight excluding hydrogens is 136 g/mol. The molecule has 0 spiro atoms. The summed E-state index contributed by atoms with van der Waals surface area (Å²) in [7, 11) is 0. The Balaban J connectivity index is 0.000000461. The monoisotopic (exact) mass is 154 g/mol. The van der Waals surface area contributed by atoms with Crippen LogP contribution in [0.4, 0.5) is 0 Å². The standard InChI is InChI=1S/C7H12N2.C2H6/c1-2-6-5-9-4-3-7(6)8;1-2/h2,9H,1,3-5,8H2;1-2H3. The highest BCUT2D eigenvalue weighted by Crippen LogP contribution is 2.06. The van der Waals surface area contributed by atoms with Gasteiger partial charge in [-0.05, 0) is 12.0 Å². The SMILES string of the molecule is C=CC1=C(N)CCNC1.CC. The largest absolute Gasteiger partial charge is 0.402 e. The van der Waals surface area contributed by atoms with Gasteiger partial charge in [-0.3, -0.25) is 0 Å². The smallest absolute Gasteiger partial charge is 0.0222 e. The zero-order valence-electron chi connectivity index (χ0n) is 7.48. The summed E-state index contributed by atoms with van der Waals surface area (Å²) in [6, 6.07) is 0. The Kier molecular flexibility index (Phi) is 5.57. The molecule has 0 aromatic heterocycles. The van der Waals surface area contributed by atoms with Crippen molar-refractivity contribution in [2.24, 2.45) is 5.73 Å². The van der Waals surface area contributed by atoms with E-state index in [0.29, 0.717) is 0 Å². The van der Waals surface area contributed by atoms with Crippen molar-refractivity contribution in [2.45, 2.75) is 20.3 Å². The number of nitrogens with one attached hydrogen (secondary N) is 1. The van der Waals surface area contributed by atoms with Gasteiger partial charge in [0.2, 0.25) is 0 Å². The maximum atomic E-state index is 5.66. The van der Waals surface area contributed by atoms with Crippen LogP contribution in [-0.2, 0) is 0 Å². The first-order chi connectivity index (χ1) is 5.34. The zero-order chi connectivity index (χ0) is 8.69. The summed E-state index contributed by atoms with van der Waals surface area (Å²) in [6.07, 6.45) is 2.78. The van der Waals surface area contributed by atoms with E-state index in [1.54, 1.807) is 0 Å². The topological polar surface area (TPSA) is 38.0 Å². The second-order valence-corrected chi connectivity index (χ2v) is 2.18. The van der Waals surface area contributed by atoms with E-state index in [1.165, 1.54) is 0 Å². The van der Waals surface area contributed by atoms with Crippen molar-refractivity contribution in [1.29, 1.82) is 0 Å². The van der Waals surface area contributed by atoms with Gasteiger partial charge in [0, 0.05) is 18.8 Å². The van der Waals surface area contributed by atoms with E-state index in [2.05, 4.69) is 11.9 Å². The third kappa shape index (κ3) is 3.23. The Bertz CT molecular complexity index is 148. The second-order valence-electron chi connectivity index (χ2n) is 2.18. The van der Waals surface area contributed by atoms with Gasteiger partial charge in [-0.2, -0.15) is 0 Å². The lowest BCUT2D eigenvalue weighted by atomic mass is 10.1. The molecule has 0 saturated carbocycles. The first-order valence-electron chi connectivity index (χ1n) is 4.15. The van der Waals surface area contributed by atoms with Crippen LogP contribution in [0.3, 0.4) is 0 Å². The molecule has 11 heavy (non-hydrogen) atoms. The lowest BCUT2D eigenvalue weighted by molar-refractivity contribution is 0.681. The number of nitrogens with two attached hydrogens (primary N) is 1. The van der Waals surface area contributed by atoms with Crippen molar-refractivity contribution in [3.63, 3.8) is 0 Å². The van der Waals surface area contributed by atoms with Crippen LogP contribution in [-0.4, -0.2) is 13.1 Å². The van der Waals surface area contributed by atoms with E-state index in [9.17, 15) is 0 Å². The maximum absolute atomic E-state index is 5.66. The summed E-state index contributed by atoms with van der Waals surface area (Å²) in [5, 5.41) is 3.21. The van der Waals surface area contributed by atoms with Crippen molar-refractivity contribution < 1.29 is 0 Å². The lowest BCUT2D eigenvalue weighted by Gasteiger charge is -2.14. The van der Waals surface area contributed by atoms with Crippen LogP contribution in [0.2, 0.25) is 0 Å². The molecule has 0 unspecified atom stereocenters. The Morgan fingerprint density at radius 1 is 1.55 bits per heavy atom. The molecule has 0 aromatic carbocycles. The molecule has 3 N–H and O–H groups in total. The lowest BCUT2D eigenvalue weighted by Crippen LogP contribution is -2.26. The molecule has 0 atom stereocenters. The van der Waals surface area contributed by atoms with E-state index in [4.69, 9.17) is 5.73 Å². The fourth-order valence-electron chi connectivity index (χ4n) is 0.923. The Morgan fingerprint density at radius 3 is 2.55 bits per heavy atom. The van der Waals surface area contributed by atoms with Crippen molar-refractivity contribution in [3.05, 3.63) is 23.9 Å². The molecule has 1 aliphatic heterocycles. The normalized spacial score (nSPS) is 16.9. The highest BCUT2D eigenvalue weighted by atomic mass is 14.9. The summed E-state index contributed by atoms with van der Waals surface area (Å²) >= 11 is 0. The van der Waals surface area contributed by atoms with E-state index in [-0.39, 0.29) is 0 Å². The molecule has 0 saturated heterocycles. The molecule has 0 amide bonds. The van der Waals surface area contributed by atoms with Gasteiger partial charge in [0.25, 0.3) is 0 Å². The Morgan fingerprint density at radius 2 is 2.18 bits per heavy atom. The number of hydrogen-bond acceptors (Lipinski definition) is 2. The Labute approximate surface area is 69.2 Å². The van der Waals surface area contributed by atoms with Crippen molar-refractivity contribution in [3.8, 4) is 0 Å². The van der Waals surface area contributed by atoms with Crippen LogP contribution < -0.4 is 11.1 Å². The molecule has 2 nitrogen and oxygen atoms in total. The first-order valence-corrected chi connectivity index (χ1v) is 4.15. The van der Waals surface area contributed by atoms with Gasteiger partial charge in [-0.1, -0.05) is 26.5 Å². The van der Waals surface area contributed by atoms with Crippen LogP contribution in [0.15, 0.2) is 23.9 Å². The molecule has 0 aliphatic carbocycles. The Hall–Kier alpha value is -0.760. The summed E-state index contributed by atoms with van der Waals surface area (Å²) in [4.78, 5) is 0. The van der Waals surface area contributed by atoms with Gasteiger partial charge in [-0.15, -0.1) is 0 Å². The van der Waals surface area contributed by atoms with Crippen LogP contribution in [0.5, 0.6) is 0 Å². The molecule has 1 aliphatic rings. The van der Waals surface area contributed by atoms with Crippen LogP contribution in [0, 0.1) is 0 Å². The number of hydrogen-bond donors (Lipinski definition) is 2. The quantitative estimate of drug-likeness (QED) is 0.599. The number of rotatable bonds is 1. The molecule has 2 heteroatoms. The van der Waals surface area contributed by atoms with E-state index in [1.807, 2.05) is 19.9 Å². The molecule has 64 valence electrons. The van der Waals surface area contributed by atoms with Gasteiger partial charge < -0.3 is 11.1 Å². The maximum Gasteiger partial charge on any atom is 0.0222 e. The van der Waals surface area contributed by atoms with Crippen LogP contribution in [0.25, 0.3) is 0 Å². The average Bonchev–Trinajstić information content (AvgIpc) is 2.09. The van der Waals surface area contributed by atoms with Gasteiger partial charge in [0.15, 0.2) is 0 Å². The minimum Gasteiger partial charge on any atom is -0.402 e. The highest BCUT2D eigenvalue weighted by molar-refractivity contribution is 5.25. The molecule has 0 radical (unpaired) electrons. The van der Waals surface area contributed by atoms with E-state index < -0.39 is 0 Å². The third-order valence-corrected chi connectivity index (χ3v) is 1.55. The fourth-order valence-corrected chi connectivity index (χ4v) is 0.923. The molecule has 0 aromatic rings. The van der Waals surface area contributed by atoms with Crippen molar-refractivity contribution in [2.75, 3.05) is 13.1 Å². The molecule has 0 bridgehead atoms. The van der Waals surface area contributed by atoms with Crippen molar-refractivity contribution in [1.82, 2.24) is 5.32 Å². The first kappa shape index (κ1) is 10.2.